The third-order valence-electron chi connectivity index (χ3n) is 4.75. The molecule has 1 saturated carbocycles. The Bertz CT molecular complexity index is 503. The predicted molar refractivity (Wildman–Crippen MR) is 78.0 cm³/mol. The first kappa shape index (κ1) is 13.4. The van der Waals surface area contributed by atoms with Gasteiger partial charge in [-0.2, -0.15) is 0 Å². The Morgan fingerprint density at radius 3 is 2.95 bits per heavy atom. The van der Waals surface area contributed by atoms with E-state index in [2.05, 4.69) is 0 Å². The van der Waals surface area contributed by atoms with Crippen molar-refractivity contribution in [3.05, 3.63) is 29.8 Å². The molecule has 1 heterocycles. The van der Waals surface area contributed by atoms with Crippen LogP contribution in [-0.2, 0) is 11.2 Å². The van der Waals surface area contributed by atoms with Crippen molar-refractivity contribution in [2.45, 2.75) is 31.8 Å². The Morgan fingerprint density at radius 2 is 2.20 bits per heavy atom. The van der Waals surface area contributed by atoms with Crippen LogP contribution in [0, 0.1) is 11.8 Å². The number of anilines is 1. The van der Waals surface area contributed by atoms with Gasteiger partial charge in [0.05, 0.1) is 6.10 Å². The first-order chi connectivity index (χ1) is 9.63. The average Bonchev–Trinajstić information content (AvgIpc) is 2.99. The van der Waals surface area contributed by atoms with Gasteiger partial charge in [0.25, 0.3) is 0 Å². The number of rotatable bonds is 3. The molecular formula is C16H22N2O2. The Balaban J connectivity index is 1.53. The summed E-state index contributed by atoms with van der Waals surface area (Å²) in [5.41, 5.74) is 7.59. The third kappa shape index (κ3) is 2.66. The van der Waals surface area contributed by atoms with Crippen molar-refractivity contribution in [1.29, 1.82) is 0 Å². The summed E-state index contributed by atoms with van der Waals surface area (Å²) in [7, 11) is 0. The number of aliphatic hydroxyl groups excluding tert-OH is 1. The lowest BCUT2D eigenvalue weighted by Gasteiger charge is -2.18. The standard InChI is InChI=1S/C16H22N2O2/c17-13-3-1-2-11(8-13)4-7-16(20)18-9-12-5-6-15(19)14(12)10-18/h1-3,8,12,14-15,19H,4-7,9-10,17H2. The normalized spacial score (nSPS) is 28.6. The number of aryl methyl sites for hydroxylation is 1. The van der Waals surface area contributed by atoms with Crippen molar-refractivity contribution < 1.29 is 9.90 Å². The van der Waals surface area contributed by atoms with Crippen LogP contribution in [0.1, 0.15) is 24.8 Å². The Morgan fingerprint density at radius 1 is 1.35 bits per heavy atom. The van der Waals surface area contributed by atoms with Crippen LogP contribution in [0.25, 0.3) is 0 Å². The van der Waals surface area contributed by atoms with E-state index >= 15 is 0 Å². The molecule has 3 atom stereocenters. The summed E-state index contributed by atoms with van der Waals surface area (Å²) in [6.45, 7) is 1.57. The largest absolute Gasteiger partial charge is 0.399 e. The molecule has 0 spiro atoms. The quantitative estimate of drug-likeness (QED) is 0.819. The number of nitrogen functional groups attached to an aromatic ring is 1. The molecular weight excluding hydrogens is 252 g/mol. The van der Waals surface area contributed by atoms with Crippen molar-refractivity contribution in [2.75, 3.05) is 18.8 Å². The van der Waals surface area contributed by atoms with Crippen LogP contribution in [0.5, 0.6) is 0 Å². The predicted octanol–water partition coefficient (Wildman–Crippen LogP) is 1.43. The number of fused-ring (bicyclic) bond motifs is 1. The van der Waals surface area contributed by atoms with Gasteiger partial charge in [0, 0.05) is 31.1 Å². The summed E-state index contributed by atoms with van der Waals surface area (Å²) < 4.78 is 0. The van der Waals surface area contributed by atoms with Crippen LogP contribution in [-0.4, -0.2) is 35.1 Å². The molecule has 2 aliphatic rings. The van der Waals surface area contributed by atoms with Gasteiger partial charge in [-0.1, -0.05) is 12.1 Å². The van der Waals surface area contributed by atoms with Crippen LogP contribution in [0.4, 0.5) is 5.69 Å². The van der Waals surface area contributed by atoms with Gasteiger partial charge < -0.3 is 15.7 Å². The molecule has 3 N–H and O–H groups in total. The second-order valence-electron chi connectivity index (χ2n) is 6.11. The van der Waals surface area contributed by atoms with Gasteiger partial charge in [0.1, 0.15) is 0 Å². The van der Waals surface area contributed by atoms with Gasteiger partial charge in [-0.3, -0.25) is 4.79 Å². The fraction of sp³-hybridized carbons (Fsp3) is 0.562. The van der Waals surface area contributed by atoms with Gasteiger partial charge in [-0.15, -0.1) is 0 Å². The fourth-order valence-corrected chi connectivity index (χ4v) is 3.60. The lowest BCUT2D eigenvalue weighted by atomic mass is 10.00. The van der Waals surface area contributed by atoms with Gasteiger partial charge in [-0.25, -0.2) is 0 Å². The molecule has 20 heavy (non-hydrogen) atoms. The number of carbonyl (C=O) groups excluding carboxylic acids is 1. The third-order valence-corrected chi connectivity index (χ3v) is 4.75. The van der Waals surface area contributed by atoms with E-state index in [1.165, 1.54) is 0 Å². The second kappa shape index (κ2) is 5.44. The molecule has 1 aromatic rings. The Hall–Kier alpha value is -1.55. The minimum Gasteiger partial charge on any atom is -0.399 e. The monoisotopic (exact) mass is 274 g/mol. The maximum absolute atomic E-state index is 12.3. The number of nitrogens with zero attached hydrogens (tertiary/aromatic N) is 1. The highest BCUT2D eigenvalue weighted by Crippen LogP contribution is 2.38. The smallest absolute Gasteiger partial charge is 0.222 e. The summed E-state index contributed by atoms with van der Waals surface area (Å²) in [4.78, 5) is 14.2. The van der Waals surface area contributed by atoms with Gasteiger partial charge in [0.15, 0.2) is 0 Å². The van der Waals surface area contributed by atoms with E-state index in [1.807, 2.05) is 29.2 Å². The fourth-order valence-electron chi connectivity index (χ4n) is 3.60. The Labute approximate surface area is 119 Å². The number of carbonyl (C=O) groups is 1. The zero-order valence-electron chi connectivity index (χ0n) is 11.7. The zero-order valence-corrected chi connectivity index (χ0v) is 11.7. The van der Waals surface area contributed by atoms with E-state index in [-0.39, 0.29) is 12.0 Å². The molecule has 3 rings (SSSR count). The number of benzene rings is 1. The number of hydrogen-bond acceptors (Lipinski definition) is 3. The van der Waals surface area contributed by atoms with Gasteiger partial charge in [-0.05, 0) is 42.9 Å². The molecule has 108 valence electrons. The number of likely N-dealkylation sites (tertiary alicyclic amines) is 1. The van der Waals surface area contributed by atoms with Crippen LogP contribution < -0.4 is 5.73 Å². The summed E-state index contributed by atoms with van der Waals surface area (Å²) in [6.07, 6.45) is 3.02. The molecule has 1 aliphatic carbocycles. The number of hydrogen-bond donors (Lipinski definition) is 2. The molecule has 1 aromatic carbocycles. The second-order valence-corrected chi connectivity index (χ2v) is 6.11. The summed E-state index contributed by atoms with van der Waals surface area (Å²) in [6, 6.07) is 7.71. The lowest BCUT2D eigenvalue weighted by Crippen LogP contribution is -2.31. The first-order valence-electron chi connectivity index (χ1n) is 7.44. The van der Waals surface area contributed by atoms with Crippen LogP contribution in [0.15, 0.2) is 24.3 Å². The minimum absolute atomic E-state index is 0.202. The molecule has 1 saturated heterocycles. The average molecular weight is 274 g/mol. The van der Waals surface area contributed by atoms with Crippen molar-refractivity contribution in [3.8, 4) is 0 Å². The van der Waals surface area contributed by atoms with Crippen molar-refractivity contribution in [1.82, 2.24) is 4.90 Å². The number of nitrogens with two attached hydrogens (primary N) is 1. The SMILES string of the molecule is Nc1cccc(CCC(=O)N2CC3CCC(O)C3C2)c1. The Kier molecular flexibility index (Phi) is 3.66. The van der Waals surface area contributed by atoms with Crippen LogP contribution in [0.2, 0.25) is 0 Å². The highest BCUT2D eigenvalue weighted by molar-refractivity contribution is 5.76. The zero-order chi connectivity index (χ0) is 14.1. The van der Waals surface area contributed by atoms with Crippen LogP contribution in [0.3, 0.4) is 0 Å². The highest BCUT2D eigenvalue weighted by Gasteiger charge is 2.42. The molecule has 0 aromatic heterocycles. The molecule has 0 bridgehead atoms. The van der Waals surface area contributed by atoms with E-state index in [1.54, 1.807) is 0 Å². The maximum Gasteiger partial charge on any atom is 0.222 e. The van der Waals surface area contributed by atoms with Crippen molar-refractivity contribution >= 4 is 11.6 Å². The molecule has 2 fully saturated rings. The molecule has 0 radical (unpaired) electrons. The topological polar surface area (TPSA) is 66.6 Å². The van der Waals surface area contributed by atoms with E-state index in [9.17, 15) is 9.90 Å². The molecule has 3 unspecified atom stereocenters. The summed E-state index contributed by atoms with van der Waals surface area (Å²) in [5, 5.41) is 9.89. The van der Waals surface area contributed by atoms with E-state index in [0.717, 1.165) is 43.6 Å². The minimum atomic E-state index is -0.202. The number of aliphatic hydroxyl groups is 1. The van der Waals surface area contributed by atoms with Gasteiger partial charge >= 0.3 is 0 Å². The van der Waals surface area contributed by atoms with Crippen molar-refractivity contribution in [3.63, 3.8) is 0 Å². The molecule has 4 heteroatoms. The van der Waals surface area contributed by atoms with Crippen LogP contribution >= 0.6 is 0 Å². The van der Waals surface area contributed by atoms with Crippen molar-refractivity contribution in [2.24, 2.45) is 11.8 Å². The summed E-state index contributed by atoms with van der Waals surface area (Å²) in [5.74, 6) is 1.03. The number of amides is 1. The molecule has 1 amide bonds. The maximum atomic E-state index is 12.3. The van der Waals surface area contributed by atoms with E-state index in [0.29, 0.717) is 18.3 Å². The first-order valence-corrected chi connectivity index (χ1v) is 7.44. The van der Waals surface area contributed by atoms with E-state index < -0.39 is 0 Å². The lowest BCUT2D eigenvalue weighted by molar-refractivity contribution is -0.130. The van der Waals surface area contributed by atoms with E-state index in [4.69, 9.17) is 5.73 Å². The summed E-state index contributed by atoms with van der Waals surface area (Å²) >= 11 is 0. The highest BCUT2D eigenvalue weighted by atomic mass is 16.3. The molecule has 1 aliphatic heterocycles. The van der Waals surface area contributed by atoms with Gasteiger partial charge in [0.2, 0.25) is 5.91 Å². The molecule has 4 nitrogen and oxygen atoms in total.